The molecule has 158 valence electrons. The molecule has 0 saturated carbocycles. The number of aromatic nitrogens is 1. The zero-order chi connectivity index (χ0) is 21.5. The van der Waals surface area contributed by atoms with Gasteiger partial charge in [0.05, 0.1) is 17.7 Å². The number of aromatic amines is 1. The summed E-state index contributed by atoms with van der Waals surface area (Å²) >= 11 is 0. The van der Waals surface area contributed by atoms with Crippen molar-refractivity contribution in [1.29, 1.82) is 0 Å². The topological polar surface area (TPSA) is 82.6 Å². The van der Waals surface area contributed by atoms with E-state index in [1.165, 1.54) is 17.0 Å². The molecule has 2 unspecified atom stereocenters. The van der Waals surface area contributed by atoms with Crippen molar-refractivity contribution in [3.05, 3.63) is 77.2 Å². The van der Waals surface area contributed by atoms with Gasteiger partial charge in [-0.25, -0.2) is 4.39 Å². The molecule has 0 bridgehead atoms. The Morgan fingerprint density at radius 3 is 2.71 bits per heavy atom. The Morgan fingerprint density at radius 2 is 1.94 bits per heavy atom. The number of likely N-dealkylation sites (tertiary alicyclic amines) is 1. The molecule has 2 atom stereocenters. The number of para-hydroxylation sites is 1. The third kappa shape index (κ3) is 3.21. The third-order valence-electron chi connectivity index (χ3n) is 6.01. The van der Waals surface area contributed by atoms with Crippen LogP contribution in [0.2, 0.25) is 0 Å². The number of ketones is 1. The molecular formula is C24H21FN2O4. The Bertz CT molecular complexity index is 1210. The monoisotopic (exact) mass is 420 g/mol. The van der Waals surface area contributed by atoms with Gasteiger partial charge >= 0.3 is 0 Å². The number of halogens is 1. The Kier molecular flexibility index (Phi) is 4.82. The highest BCUT2D eigenvalue weighted by molar-refractivity contribution is 6.46. The van der Waals surface area contributed by atoms with Gasteiger partial charge in [-0.2, -0.15) is 0 Å². The molecule has 3 aromatic rings. The number of rotatable bonds is 4. The van der Waals surface area contributed by atoms with Gasteiger partial charge in [0.2, 0.25) is 0 Å². The summed E-state index contributed by atoms with van der Waals surface area (Å²) in [6.45, 7) is 0.753. The highest BCUT2D eigenvalue weighted by Crippen LogP contribution is 2.41. The van der Waals surface area contributed by atoms with Crippen molar-refractivity contribution in [3.63, 3.8) is 0 Å². The van der Waals surface area contributed by atoms with Crippen LogP contribution in [0.4, 0.5) is 4.39 Å². The average Bonchev–Trinajstić information content (AvgIpc) is 3.49. The molecule has 7 heteroatoms. The van der Waals surface area contributed by atoms with Crippen LogP contribution in [0.5, 0.6) is 0 Å². The SMILES string of the molecule is O=C1C(=O)N(CC2CCCO2)C(c2ccccc2F)/C1=C(\O)c1c[nH]c2ccccc12. The molecule has 0 spiro atoms. The standard InChI is InChI=1S/C24H21FN2O4/c25-18-9-3-1-8-16(18)21-20(22(28)17-12-26-19-10-4-2-7-15(17)19)23(29)24(30)27(21)13-14-6-5-11-31-14/h1-4,7-10,12,14,21,26,28H,5-6,11,13H2/b22-20+. The number of H-pyrrole nitrogens is 1. The van der Waals surface area contributed by atoms with Crippen LogP contribution in [-0.4, -0.2) is 45.9 Å². The molecule has 31 heavy (non-hydrogen) atoms. The molecular weight excluding hydrogens is 399 g/mol. The maximum atomic E-state index is 14.8. The molecule has 6 nitrogen and oxygen atoms in total. The number of Topliss-reactive ketones (excluding diaryl/α,β-unsaturated/α-hetero) is 1. The van der Waals surface area contributed by atoms with Crippen molar-refractivity contribution < 1.29 is 23.8 Å². The van der Waals surface area contributed by atoms with Crippen molar-refractivity contribution in [1.82, 2.24) is 9.88 Å². The van der Waals surface area contributed by atoms with Gasteiger partial charge in [-0.05, 0) is 25.0 Å². The zero-order valence-electron chi connectivity index (χ0n) is 16.7. The molecule has 1 amide bonds. The number of carbonyl (C=O) groups excluding carboxylic acids is 2. The fourth-order valence-corrected chi connectivity index (χ4v) is 4.51. The molecule has 2 aromatic carbocycles. The van der Waals surface area contributed by atoms with E-state index in [0.717, 1.165) is 18.4 Å². The molecule has 5 rings (SSSR count). The summed E-state index contributed by atoms with van der Waals surface area (Å²) in [7, 11) is 0. The second-order valence-electron chi connectivity index (χ2n) is 7.86. The number of nitrogens with zero attached hydrogens (tertiary/aromatic N) is 1. The maximum Gasteiger partial charge on any atom is 0.295 e. The highest BCUT2D eigenvalue weighted by atomic mass is 19.1. The Hall–Kier alpha value is -3.45. The maximum absolute atomic E-state index is 14.8. The lowest BCUT2D eigenvalue weighted by Crippen LogP contribution is -2.36. The van der Waals surface area contributed by atoms with Gasteiger partial charge in [-0.1, -0.05) is 36.4 Å². The lowest BCUT2D eigenvalue weighted by Gasteiger charge is -2.27. The van der Waals surface area contributed by atoms with Crippen LogP contribution < -0.4 is 0 Å². The Balaban J connectivity index is 1.68. The molecule has 0 radical (unpaired) electrons. The number of aliphatic hydroxyl groups excluding tert-OH is 1. The van der Waals surface area contributed by atoms with Crippen LogP contribution in [-0.2, 0) is 14.3 Å². The number of ether oxygens (including phenoxy) is 1. The van der Waals surface area contributed by atoms with Crippen LogP contribution in [0.25, 0.3) is 16.7 Å². The fraction of sp³-hybridized carbons (Fsp3) is 0.250. The second kappa shape index (κ2) is 7.67. The molecule has 2 aliphatic rings. The van der Waals surface area contributed by atoms with Crippen LogP contribution in [0.1, 0.15) is 30.0 Å². The quantitative estimate of drug-likeness (QED) is 0.381. The van der Waals surface area contributed by atoms with E-state index >= 15 is 0 Å². The molecule has 2 aliphatic heterocycles. The number of hydrogen-bond donors (Lipinski definition) is 2. The number of aliphatic hydroxyl groups is 1. The summed E-state index contributed by atoms with van der Waals surface area (Å²) in [5.74, 6) is -2.45. The van der Waals surface area contributed by atoms with Crippen LogP contribution in [0.3, 0.4) is 0 Å². The summed E-state index contributed by atoms with van der Waals surface area (Å²) in [6, 6.07) is 12.3. The second-order valence-corrected chi connectivity index (χ2v) is 7.86. The van der Waals surface area contributed by atoms with Crippen LogP contribution in [0, 0.1) is 5.82 Å². The van der Waals surface area contributed by atoms with E-state index in [1.807, 2.05) is 18.2 Å². The number of hydrogen-bond acceptors (Lipinski definition) is 4. The van der Waals surface area contributed by atoms with E-state index in [9.17, 15) is 19.1 Å². The minimum Gasteiger partial charge on any atom is -0.507 e. The summed E-state index contributed by atoms with van der Waals surface area (Å²) in [5.41, 5.74) is 1.23. The van der Waals surface area contributed by atoms with Crippen molar-refractivity contribution in [2.75, 3.05) is 13.2 Å². The van der Waals surface area contributed by atoms with Gasteiger partial charge in [0.25, 0.3) is 11.7 Å². The minimum absolute atomic E-state index is 0.113. The first-order chi connectivity index (χ1) is 15.1. The first-order valence-electron chi connectivity index (χ1n) is 10.3. The molecule has 2 N–H and O–H groups in total. The van der Waals surface area contributed by atoms with Crippen LogP contribution in [0.15, 0.2) is 60.3 Å². The van der Waals surface area contributed by atoms with Gasteiger partial charge < -0.3 is 19.7 Å². The normalized spacial score (nSPS) is 23.2. The van der Waals surface area contributed by atoms with Gasteiger partial charge in [0, 0.05) is 41.4 Å². The zero-order valence-corrected chi connectivity index (χ0v) is 16.7. The van der Waals surface area contributed by atoms with Crippen molar-refractivity contribution in [2.45, 2.75) is 25.0 Å². The van der Waals surface area contributed by atoms with Gasteiger partial charge in [-0.15, -0.1) is 0 Å². The molecule has 1 aromatic heterocycles. The van der Waals surface area contributed by atoms with E-state index in [-0.39, 0.29) is 29.5 Å². The van der Waals surface area contributed by atoms with Gasteiger partial charge in [0.15, 0.2) is 0 Å². The third-order valence-corrected chi connectivity index (χ3v) is 6.01. The first-order valence-corrected chi connectivity index (χ1v) is 10.3. The molecule has 0 aliphatic carbocycles. The van der Waals surface area contributed by atoms with E-state index in [0.29, 0.717) is 17.6 Å². The van der Waals surface area contributed by atoms with E-state index in [2.05, 4.69) is 4.98 Å². The lowest BCUT2D eigenvalue weighted by molar-refractivity contribution is -0.140. The molecule has 3 heterocycles. The smallest absolute Gasteiger partial charge is 0.295 e. The van der Waals surface area contributed by atoms with Crippen LogP contribution >= 0.6 is 0 Å². The Labute approximate surface area is 177 Å². The largest absolute Gasteiger partial charge is 0.507 e. The summed E-state index contributed by atoms with van der Waals surface area (Å²) < 4.78 is 20.5. The Morgan fingerprint density at radius 1 is 1.16 bits per heavy atom. The van der Waals surface area contributed by atoms with Crippen molar-refractivity contribution in [3.8, 4) is 0 Å². The van der Waals surface area contributed by atoms with E-state index in [4.69, 9.17) is 4.74 Å². The van der Waals surface area contributed by atoms with Crippen molar-refractivity contribution in [2.24, 2.45) is 0 Å². The fourth-order valence-electron chi connectivity index (χ4n) is 4.51. The number of amides is 1. The minimum atomic E-state index is -1.03. The van der Waals surface area contributed by atoms with Gasteiger partial charge in [0.1, 0.15) is 11.6 Å². The summed E-state index contributed by atoms with van der Waals surface area (Å²) in [4.78, 5) is 30.4. The number of fused-ring (bicyclic) bond motifs is 1. The number of benzene rings is 2. The predicted octanol–water partition coefficient (Wildman–Crippen LogP) is 3.91. The number of nitrogens with one attached hydrogen (secondary N) is 1. The summed E-state index contributed by atoms with van der Waals surface area (Å²) in [6.07, 6.45) is 3.00. The molecule has 2 fully saturated rings. The lowest BCUT2D eigenvalue weighted by atomic mass is 9.94. The molecule has 2 saturated heterocycles. The van der Waals surface area contributed by atoms with Crippen molar-refractivity contribution >= 4 is 28.4 Å². The summed E-state index contributed by atoms with van der Waals surface area (Å²) in [5, 5.41) is 11.9. The number of carbonyl (C=O) groups is 2. The van der Waals surface area contributed by atoms with Gasteiger partial charge in [-0.3, -0.25) is 9.59 Å². The van der Waals surface area contributed by atoms with E-state index in [1.54, 1.807) is 24.4 Å². The predicted molar refractivity (Wildman–Crippen MR) is 113 cm³/mol. The van der Waals surface area contributed by atoms with E-state index < -0.39 is 23.5 Å². The average molecular weight is 420 g/mol. The first kappa shape index (κ1) is 19.5. The highest BCUT2D eigenvalue weighted by Gasteiger charge is 2.48.